The van der Waals surface area contributed by atoms with Crippen LogP contribution in [0.5, 0.6) is 0 Å². The average Bonchev–Trinajstić information content (AvgIpc) is 3.33. The summed E-state index contributed by atoms with van der Waals surface area (Å²) in [6.07, 6.45) is 10.9. The summed E-state index contributed by atoms with van der Waals surface area (Å²) in [7, 11) is 4.19. The summed E-state index contributed by atoms with van der Waals surface area (Å²) in [6, 6.07) is 3.97. The number of carbonyl (C=O) groups excluding carboxylic acids is 1. The number of hydrogen-bond donors (Lipinski definition) is 0. The molecule has 0 saturated carbocycles. The van der Waals surface area contributed by atoms with Crippen molar-refractivity contribution >= 4 is 11.6 Å². The number of amides is 1. The first-order chi connectivity index (χ1) is 14.0. The first-order valence-electron chi connectivity index (χ1n) is 10.4. The van der Waals surface area contributed by atoms with Crippen molar-refractivity contribution in [1.82, 2.24) is 28.7 Å². The molecule has 4 rings (SSSR count). The van der Waals surface area contributed by atoms with Crippen molar-refractivity contribution in [3.63, 3.8) is 0 Å². The summed E-state index contributed by atoms with van der Waals surface area (Å²) in [5.74, 6) is 1.40. The summed E-state index contributed by atoms with van der Waals surface area (Å²) < 4.78 is 4.19. The van der Waals surface area contributed by atoms with Gasteiger partial charge in [-0.1, -0.05) is 6.07 Å². The summed E-state index contributed by atoms with van der Waals surface area (Å²) in [4.78, 5) is 26.4. The molecule has 3 aromatic rings. The minimum Gasteiger partial charge on any atom is -0.337 e. The minimum absolute atomic E-state index is 0.0155. The molecule has 29 heavy (non-hydrogen) atoms. The van der Waals surface area contributed by atoms with Crippen molar-refractivity contribution in [3.8, 4) is 0 Å². The van der Waals surface area contributed by atoms with E-state index in [9.17, 15) is 4.79 Å². The fraction of sp³-hybridized carbons (Fsp3) is 0.500. The van der Waals surface area contributed by atoms with Gasteiger partial charge in [0.25, 0.3) is 5.91 Å². The standard InChI is InChI=1S/C22H30N6O/c1-17-7-8-20-24-19(16-28(20)14-17)22(29)27-11-4-6-18(15-27)21-23-9-13-26(21)12-5-10-25(2)3/h7-9,13-14,16,18H,4-6,10-12,15H2,1-3H3. The Morgan fingerprint density at radius 2 is 2.14 bits per heavy atom. The Balaban J connectivity index is 1.47. The zero-order valence-electron chi connectivity index (χ0n) is 17.6. The van der Waals surface area contributed by atoms with Crippen molar-refractivity contribution in [2.75, 3.05) is 33.7 Å². The normalized spacial score (nSPS) is 17.4. The Hall–Kier alpha value is -2.67. The Labute approximate surface area is 172 Å². The van der Waals surface area contributed by atoms with Crippen LogP contribution >= 0.6 is 0 Å². The number of piperidine rings is 1. The van der Waals surface area contributed by atoms with Crippen LogP contribution in [0.15, 0.2) is 36.9 Å². The van der Waals surface area contributed by atoms with Crippen LogP contribution in [0, 0.1) is 6.92 Å². The quantitative estimate of drug-likeness (QED) is 0.645. The van der Waals surface area contributed by atoms with Crippen LogP contribution in [0.1, 0.15) is 47.1 Å². The molecule has 7 heteroatoms. The molecule has 3 aromatic heterocycles. The number of aryl methyl sites for hydroxylation is 2. The van der Waals surface area contributed by atoms with E-state index in [1.54, 1.807) is 0 Å². The number of carbonyl (C=O) groups is 1. The number of imidazole rings is 2. The minimum atomic E-state index is 0.0155. The molecular weight excluding hydrogens is 364 g/mol. The monoisotopic (exact) mass is 394 g/mol. The van der Waals surface area contributed by atoms with Gasteiger partial charge in [-0.2, -0.15) is 0 Å². The van der Waals surface area contributed by atoms with Crippen LogP contribution in [-0.2, 0) is 6.54 Å². The molecule has 0 aromatic carbocycles. The second-order valence-corrected chi connectivity index (χ2v) is 8.32. The third-order valence-corrected chi connectivity index (χ3v) is 5.64. The molecule has 1 saturated heterocycles. The van der Waals surface area contributed by atoms with E-state index < -0.39 is 0 Å². The van der Waals surface area contributed by atoms with Crippen molar-refractivity contribution in [2.45, 2.75) is 38.6 Å². The van der Waals surface area contributed by atoms with E-state index >= 15 is 0 Å². The lowest BCUT2D eigenvalue weighted by atomic mass is 9.96. The molecule has 154 valence electrons. The maximum Gasteiger partial charge on any atom is 0.274 e. The van der Waals surface area contributed by atoms with E-state index in [0.717, 1.165) is 55.9 Å². The predicted octanol–water partition coefficient (Wildman–Crippen LogP) is 2.81. The number of aromatic nitrogens is 4. The Bertz CT molecular complexity index is 988. The molecule has 1 amide bonds. The number of pyridine rings is 1. The van der Waals surface area contributed by atoms with Crippen LogP contribution in [-0.4, -0.2) is 68.4 Å². The van der Waals surface area contributed by atoms with Gasteiger partial charge in [-0.25, -0.2) is 9.97 Å². The third kappa shape index (κ3) is 4.34. The summed E-state index contributed by atoms with van der Waals surface area (Å²) in [6.45, 7) is 5.54. The first-order valence-corrected chi connectivity index (χ1v) is 10.4. The van der Waals surface area contributed by atoms with Crippen LogP contribution < -0.4 is 0 Å². The van der Waals surface area contributed by atoms with Gasteiger partial charge in [0.05, 0.1) is 0 Å². The molecule has 1 fully saturated rings. The number of fused-ring (bicyclic) bond motifs is 1. The van der Waals surface area contributed by atoms with Gasteiger partial charge in [-0.05, 0) is 58.5 Å². The van der Waals surface area contributed by atoms with Crippen molar-refractivity contribution in [1.29, 1.82) is 0 Å². The SMILES string of the molecule is Cc1ccc2nc(C(=O)N3CCCC(c4nccn4CCCN(C)C)C3)cn2c1. The highest BCUT2D eigenvalue weighted by Crippen LogP contribution is 2.27. The number of rotatable bonds is 6. The highest BCUT2D eigenvalue weighted by Gasteiger charge is 2.29. The predicted molar refractivity (Wildman–Crippen MR) is 113 cm³/mol. The first kappa shape index (κ1) is 19.6. The number of hydrogen-bond acceptors (Lipinski definition) is 4. The van der Waals surface area contributed by atoms with E-state index in [1.807, 2.05) is 46.9 Å². The van der Waals surface area contributed by atoms with Crippen molar-refractivity contribution in [3.05, 3.63) is 54.0 Å². The lowest BCUT2D eigenvalue weighted by Gasteiger charge is -2.32. The fourth-order valence-corrected chi connectivity index (χ4v) is 4.17. The van der Waals surface area contributed by atoms with Gasteiger partial charge < -0.3 is 18.8 Å². The van der Waals surface area contributed by atoms with Crippen LogP contribution in [0.25, 0.3) is 5.65 Å². The van der Waals surface area contributed by atoms with Gasteiger partial charge >= 0.3 is 0 Å². The second kappa shape index (κ2) is 8.37. The number of likely N-dealkylation sites (tertiary alicyclic amines) is 1. The van der Waals surface area contributed by atoms with E-state index in [1.165, 1.54) is 0 Å². The largest absolute Gasteiger partial charge is 0.337 e. The average molecular weight is 395 g/mol. The van der Waals surface area contributed by atoms with Gasteiger partial charge in [0.15, 0.2) is 0 Å². The van der Waals surface area contributed by atoms with Crippen molar-refractivity contribution in [2.24, 2.45) is 0 Å². The molecule has 1 aliphatic rings. The van der Waals surface area contributed by atoms with E-state index in [4.69, 9.17) is 0 Å². The molecule has 0 spiro atoms. The highest BCUT2D eigenvalue weighted by atomic mass is 16.2. The Morgan fingerprint density at radius 1 is 1.28 bits per heavy atom. The molecule has 1 atom stereocenters. The topological polar surface area (TPSA) is 58.7 Å². The zero-order valence-corrected chi connectivity index (χ0v) is 17.6. The van der Waals surface area contributed by atoms with E-state index in [2.05, 4.69) is 39.7 Å². The smallest absolute Gasteiger partial charge is 0.274 e. The molecule has 0 aliphatic carbocycles. The maximum atomic E-state index is 13.1. The van der Waals surface area contributed by atoms with Crippen LogP contribution in [0.2, 0.25) is 0 Å². The molecule has 1 aliphatic heterocycles. The van der Waals surface area contributed by atoms with Crippen LogP contribution in [0.3, 0.4) is 0 Å². The molecule has 4 heterocycles. The molecule has 7 nitrogen and oxygen atoms in total. The fourth-order valence-electron chi connectivity index (χ4n) is 4.17. The molecule has 1 unspecified atom stereocenters. The lowest BCUT2D eigenvalue weighted by molar-refractivity contribution is 0.0698. The molecule has 0 radical (unpaired) electrons. The lowest BCUT2D eigenvalue weighted by Crippen LogP contribution is -2.40. The van der Waals surface area contributed by atoms with Crippen molar-refractivity contribution < 1.29 is 4.79 Å². The Morgan fingerprint density at radius 3 is 2.97 bits per heavy atom. The van der Waals surface area contributed by atoms with Gasteiger partial charge in [-0.15, -0.1) is 0 Å². The highest BCUT2D eigenvalue weighted by molar-refractivity contribution is 5.93. The van der Waals surface area contributed by atoms with Gasteiger partial charge in [0.1, 0.15) is 17.2 Å². The molecular formula is C22H30N6O. The van der Waals surface area contributed by atoms with Gasteiger partial charge in [0, 0.05) is 50.3 Å². The molecule has 0 N–H and O–H groups in total. The second-order valence-electron chi connectivity index (χ2n) is 8.32. The van der Waals surface area contributed by atoms with Gasteiger partial charge in [-0.3, -0.25) is 4.79 Å². The zero-order chi connectivity index (χ0) is 20.4. The summed E-state index contributed by atoms with van der Waals surface area (Å²) >= 11 is 0. The maximum absolute atomic E-state index is 13.1. The molecule has 0 bridgehead atoms. The Kier molecular flexibility index (Phi) is 5.67. The third-order valence-electron chi connectivity index (χ3n) is 5.64. The summed E-state index contributed by atoms with van der Waals surface area (Å²) in [5, 5.41) is 0. The number of nitrogens with zero attached hydrogens (tertiary/aromatic N) is 6. The van der Waals surface area contributed by atoms with E-state index in [-0.39, 0.29) is 11.8 Å². The van der Waals surface area contributed by atoms with Gasteiger partial charge in [0.2, 0.25) is 0 Å². The van der Waals surface area contributed by atoms with Crippen LogP contribution in [0.4, 0.5) is 0 Å². The summed E-state index contributed by atoms with van der Waals surface area (Å²) in [5.41, 5.74) is 2.47. The van der Waals surface area contributed by atoms with E-state index in [0.29, 0.717) is 12.2 Å².